The largest absolute Gasteiger partial charge is 0.304 e. The van der Waals surface area contributed by atoms with E-state index in [1.165, 1.54) is 30.5 Å². The number of piperazine rings is 1. The SMILES string of the molecule is CN1CCN(C2NNC3CCC(c4cn(Cc5ccccc5)nn4)CC32)CC1. The zero-order valence-electron chi connectivity index (χ0n) is 16.7. The van der Waals surface area contributed by atoms with Crippen molar-refractivity contribution in [2.45, 2.75) is 43.9 Å². The highest BCUT2D eigenvalue weighted by molar-refractivity contribution is 5.15. The Morgan fingerprint density at radius 1 is 1.04 bits per heavy atom. The van der Waals surface area contributed by atoms with Gasteiger partial charge in [0.15, 0.2) is 0 Å². The van der Waals surface area contributed by atoms with Gasteiger partial charge in [0.2, 0.25) is 0 Å². The van der Waals surface area contributed by atoms with E-state index < -0.39 is 0 Å². The summed E-state index contributed by atoms with van der Waals surface area (Å²) in [6.45, 7) is 5.41. The summed E-state index contributed by atoms with van der Waals surface area (Å²) in [6, 6.07) is 11.1. The van der Waals surface area contributed by atoms with Crippen molar-refractivity contribution >= 4 is 0 Å². The molecule has 2 N–H and O–H groups in total. The van der Waals surface area contributed by atoms with Gasteiger partial charge >= 0.3 is 0 Å². The Kier molecular flexibility index (Phi) is 5.15. The molecule has 1 aromatic carbocycles. The maximum absolute atomic E-state index is 4.55. The summed E-state index contributed by atoms with van der Waals surface area (Å²) in [7, 11) is 2.22. The molecule has 3 fully saturated rings. The summed E-state index contributed by atoms with van der Waals surface area (Å²) < 4.78 is 1.99. The number of nitrogens with one attached hydrogen (secondary N) is 2. The number of likely N-dealkylation sites (N-methyl/N-ethyl adjacent to an activating group) is 1. The van der Waals surface area contributed by atoms with E-state index in [0.717, 1.165) is 32.7 Å². The number of rotatable bonds is 4. The zero-order chi connectivity index (χ0) is 18.9. The first-order valence-electron chi connectivity index (χ1n) is 10.6. The lowest BCUT2D eigenvalue weighted by atomic mass is 9.76. The molecule has 2 aromatic rings. The number of aromatic nitrogens is 3. The highest BCUT2D eigenvalue weighted by Gasteiger charge is 2.43. The summed E-state index contributed by atoms with van der Waals surface area (Å²) in [5.74, 6) is 1.16. The Hall–Kier alpha value is -1.80. The fourth-order valence-corrected chi connectivity index (χ4v) is 5.11. The van der Waals surface area contributed by atoms with Gasteiger partial charge in [-0.1, -0.05) is 35.5 Å². The zero-order valence-corrected chi connectivity index (χ0v) is 16.7. The molecule has 0 spiro atoms. The molecular formula is C21H31N7. The Morgan fingerprint density at radius 3 is 2.68 bits per heavy atom. The van der Waals surface area contributed by atoms with E-state index in [-0.39, 0.29) is 0 Å². The summed E-state index contributed by atoms with van der Waals surface area (Å²) in [4.78, 5) is 5.05. The fraction of sp³-hybridized carbons (Fsp3) is 0.619. The lowest BCUT2D eigenvalue weighted by Gasteiger charge is -2.40. The van der Waals surface area contributed by atoms with E-state index in [2.05, 4.69) is 74.5 Å². The van der Waals surface area contributed by atoms with Crippen molar-refractivity contribution in [3.8, 4) is 0 Å². The molecule has 7 heteroatoms. The van der Waals surface area contributed by atoms with Gasteiger partial charge in [0.05, 0.1) is 18.4 Å². The van der Waals surface area contributed by atoms with Crippen molar-refractivity contribution in [3.63, 3.8) is 0 Å². The van der Waals surface area contributed by atoms with E-state index in [0.29, 0.717) is 24.0 Å². The van der Waals surface area contributed by atoms with Crippen LogP contribution in [0.3, 0.4) is 0 Å². The molecular weight excluding hydrogens is 350 g/mol. The van der Waals surface area contributed by atoms with Crippen LogP contribution < -0.4 is 10.9 Å². The van der Waals surface area contributed by atoms with Gasteiger partial charge in [-0.3, -0.25) is 10.3 Å². The fourth-order valence-electron chi connectivity index (χ4n) is 5.11. The summed E-state index contributed by atoms with van der Waals surface area (Å²) in [5.41, 5.74) is 9.62. The number of benzene rings is 1. The molecule has 1 aliphatic carbocycles. The molecule has 3 aliphatic rings. The number of hydrogen-bond acceptors (Lipinski definition) is 6. The molecule has 0 bridgehead atoms. The molecule has 0 amide bonds. The van der Waals surface area contributed by atoms with E-state index in [1.54, 1.807) is 0 Å². The topological polar surface area (TPSA) is 61.2 Å². The maximum Gasteiger partial charge on any atom is 0.0858 e. The van der Waals surface area contributed by atoms with Crippen molar-refractivity contribution in [1.82, 2.24) is 35.6 Å². The first-order chi connectivity index (χ1) is 13.8. The minimum atomic E-state index is 0.445. The highest BCUT2D eigenvalue weighted by atomic mass is 15.5. The molecule has 1 aromatic heterocycles. The molecule has 3 heterocycles. The molecule has 5 rings (SSSR count). The van der Waals surface area contributed by atoms with Gasteiger partial charge in [-0.05, 0) is 31.9 Å². The lowest BCUT2D eigenvalue weighted by Crippen LogP contribution is -2.55. The van der Waals surface area contributed by atoms with Crippen LogP contribution in [0.5, 0.6) is 0 Å². The molecule has 2 saturated heterocycles. The minimum absolute atomic E-state index is 0.445. The van der Waals surface area contributed by atoms with Crippen LogP contribution in [0.4, 0.5) is 0 Å². The van der Waals surface area contributed by atoms with Crippen molar-refractivity contribution in [2.24, 2.45) is 5.92 Å². The Labute approximate surface area is 167 Å². The Morgan fingerprint density at radius 2 is 1.86 bits per heavy atom. The number of nitrogens with zero attached hydrogens (tertiary/aromatic N) is 5. The lowest BCUT2D eigenvalue weighted by molar-refractivity contribution is 0.0691. The van der Waals surface area contributed by atoms with Crippen molar-refractivity contribution in [1.29, 1.82) is 0 Å². The minimum Gasteiger partial charge on any atom is -0.304 e. The van der Waals surface area contributed by atoms with Crippen LogP contribution in [0.25, 0.3) is 0 Å². The predicted octanol–water partition coefficient (Wildman–Crippen LogP) is 1.26. The number of hydrogen-bond donors (Lipinski definition) is 2. The summed E-state index contributed by atoms with van der Waals surface area (Å²) in [5, 5.41) is 8.96. The van der Waals surface area contributed by atoms with Gasteiger partial charge < -0.3 is 4.90 Å². The predicted molar refractivity (Wildman–Crippen MR) is 109 cm³/mol. The standard InChI is InChI=1S/C21H31N7/c1-26-9-11-27(12-10-26)21-18-13-17(7-8-19(18)22-24-21)20-15-28(25-23-20)14-16-5-3-2-4-6-16/h2-6,15,17-19,21-22,24H,7-14H2,1H3. The number of hydrazine groups is 1. The van der Waals surface area contributed by atoms with Gasteiger partial charge in [-0.2, -0.15) is 0 Å². The molecule has 0 radical (unpaired) electrons. The molecule has 1 saturated carbocycles. The molecule has 150 valence electrons. The van der Waals surface area contributed by atoms with E-state index in [4.69, 9.17) is 0 Å². The number of fused-ring (bicyclic) bond motifs is 1. The maximum atomic E-state index is 4.55. The van der Waals surface area contributed by atoms with Crippen molar-refractivity contribution in [2.75, 3.05) is 33.2 Å². The molecule has 7 nitrogen and oxygen atoms in total. The first kappa shape index (κ1) is 18.2. The summed E-state index contributed by atoms with van der Waals surface area (Å²) in [6.07, 6.45) is 6.19. The van der Waals surface area contributed by atoms with Crippen LogP contribution in [0.15, 0.2) is 36.5 Å². The van der Waals surface area contributed by atoms with Crippen LogP contribution in [0, 0.1) is 5.92 Å². The summed E-state index contributed by atoms with van der Waals surface area (Å²) >= 11 is 0. The molecule has 28 heavy (non-hydrogen) atoms. The molecule has 4 atom stereocenters. The van der Waals surface area contributed by atoms with Crippen LogP contribution in [0.1, 0.15) is 36.4 Å². The average molecular weight is 382 g/mol. The quantitative estimate of drug-likeness (QED) is 0.832. The van der Waals surface area contributed by atoms with Crippen molar-refractivity contribution < 1.29 is 0 Å². The van der Waals surface area contributed by atoms with Gasteiger partial charge in [0, 0.05) is 50.3 Å². The normalized spacial score (nSPS) is 31.8. The van der Waals surface area contributed by atoms with Gasteiger partial charge in [-0.25, -0.2) is 10.1 Å². The third-order valence-corrected chi connectivity index (χ3v) is 6.82. The average Bonchev–Trinajstić information content (AvgIpc) is 3.36. The van der Waals surface area contributed by atoms with Gasteiger partial charge in [0.1, 0.15) is 0 Å². The third kappa shape index (κ3) is 3.72. The van der Waals surface area contributed by atoms with Crippen LogP contribution >= 0.6 is 0 Å². The van der Waals surface area contributed by atoms with Crippen LogP contribution in [-0.2, 0) is 6.54 Å². The molecule has 4 unspecified atom stereocenters. The van der Waals surface area contributed by atoms with Crippen LogP contribution in [0.2, 0.25) is 0 Å². The second-order valence-electron chi connectivity index (χ2n) is 8.68. The Balaban J connectivity index is 1.25. The smallest absolute Gasteiger partial charge is 0.0858 e. The van der Waals surface area contributed by atoms with Crippen molar-refractivity contribution in [3.05, 3.63) is 47.8 Å². The highest BCUT2D eigenvalue weighted by Crippen LogP contribution is 2.39. The Bertz CT molecular complexity index is 768. The third-order valence-electron chi connectivity index (χ3n) is 6.82. The van der Waals surface area contributed by atoms with E-state index >= 15 is 0 Å². The van der Waals surface area contributed by atoms with Gasteiger partial charge in [0.25, 0.3) is 0 Å². The first-order valence-corrected chi connectivity index (χ1v) is 10.6. The monoisotopic (exact) mass is 381 g/mol. The van der Waals surface area contributed by atoms with E-state index in [1.807, 2.05) is 4.68 Å². The second-order valence-corrected chi connectivity index (χ2v) is 8.68. The van der Waals surface area contributed by atoms with Gasteiger partial charge in [-0.15, -0.1) is 5.10 Å². The molecule has 2 aliphatic heterocycles. The van der Waals surface area contributed by atoms with Crippen LogP contribution in [-0.4, -0.2) is 70.2 Å². The second kappa shape index (κ2) is 7.91. The van der Waals surface area contributed by atoms with E-state index in [9.17, 15) is 0 Å².